The molecule has 0 fully saturated rings. The standard InChI is InChI=1S/C22H21Cl2NO2/c1-13(2)11-20(27)25-22(17-9-8-15(23)12-18(17)24)21-16-6-4-3-5-14(16)7-10-19(21)26/h3-10,12-13,22,26H,11H2,1-2H3,(H,25,27)/t22-/m0/s1. The van der Waals surface area contributed by atoms with E-state index in [4.69, 9.17) is 23.2 Å². The molecule has 0 saturated heterocycles. The molecule has 5 heteroatoms. The van der Waals surface area contributed by atoms with Gasteiger partial charge in [0, 0.05) is 22.0 Å². The number of carbonyl (C=O) groups is 1. The maximum Gasteiger partial charge on any atom is 0.221 e. The van der Waals surface area contributed by atoms with Crippen molar-refractivity contribution in [1.82, 2.24) is 5.32 Å². The van der Waals surface area contributed by atoms with E-state index in [0.29, 0.717) is 27.6 Å². The Hall–Kier alpha value is -2.23. The maximum absolute atomic E-state index is 12.6. The topological polar surface area (TPSA) is 49.3 Å². The van der Waals surface area contributed by atoms with Crippen molar-refractivity contribution in [2.24, 2.45) is 5.92 Å². The van der Waals surface area contributed by atoms with E-state index in [1.165, 1.54) is 0 Å². The van der Waals surface area contributed by atoms with E-state index >= 15 is 0 Å². The second-order valence-corrected chi connectivity index (χ2v) is 7.83. The Bertz CT molecular complexity index is 985. The van der Waals surface area contributed by atoms with E-state index < -0.39 is 6.04 Å². The summed E-state index contributed by atoms with van der Waals surface area (Å²) < 4.78 is 0. The number of hydrogen-bond acceptors (Lipinski definition) is 2. The summed E-state index contributed by atoms with van der Waals surface area (Å²) in [6.45, 7) is 3.97. The summed E-state index contributed by atoms with van der Waals surface area (Å²) in [5, 5.41) is 16.5. The minimum Gasteiger partial charge on any atom is -0.508 e. The van der Waals surface area contributed by atoms with Crippen molar-refractivity contribution in [1.29, 1.82) is 0 Å². The third-order valence-corrected chi connectivity index (χ3v) is 4.97. The Morgan fingerprint density at radius 2 is 1.81 bits per heavy atom. The fraction of sp³-hybridized carbons (Fsp3) is 0.227. The van der Waals surface area contributed by atoms with Crippen molar-refractivity contribution in [3.8, 4) is 5.75 Å². The summed E-state index contributed by atoms with van der Waals surface area (Å²) in [6.07, 6.45) is 0.382. The molecule has 2 N–H and O–H groups in total. The molecule has 0 aliphatic heterocycles. The predicted octanol–water partition coefficient (Wildman–Crippen LogP) is 6.10. The van der Waals surface area contributed by atoms with Crippen LogP contribution in [0.4, 0.5) is 0 Å². The Morgan fingerprint density at radius 1 is 1.07 bits per heavy atom. The van der Waals surface area contributed by atoms with Crippen molar-refractivity contribution in [2.45, 2.75) is 26.3 Å². The SMILES string of the molecule is CC(C)CC(=O)N[C@@H](c1ccc(Cl)cc1Cl)c1c(O)ccc2ccccc12. The number of hydrogen-bond donors (Lipinski definition) is 2. The lowest BCUT2D eigenvalue weighted by atomic mass is 9.92. The summed E-state index contributed by atoms with van der Waals surface area (Å²) in [6, 6.07) is 15.8. The van der Waals surface area contributed by atoms with Crippen LogP contribution in [0.1, 0.15) is 37.4 Å². The van der Waals surface area contributed by atoms with Gasteiger partial charge in [0.05, 0.1) is 6.04 Å². The number of rotatable bonds is 5. The normalized spacial score (nSPS) is 12.3. The van der Waals surface area contributed by atoms with Crippen molar-refractivity contribution < 1.29 is 9.90 Å². The van der Waals surface area contributed by atoms with Crippen LogP contribution in [0.2, 0.25) is 10.0 Å². The van der Waals surface area contributed by atoms with Gasteiger partial charge in [0.2, 0.25) is 5.91 Å². The summed E-state index contributed by atoms with van der Waals surface area (Å²) in [4.78, 5) is 12.6. The zero-order valence-corrected chi connectivity index (χ0v) is 16.7. The Kier molecular flexibility index (Phi) is 5.93. The van der Waals surface area contributed by atoms with Crippen LogP contribution in [0.25, 0.3) is 10.8 Å². The first-order chi connectivity index (χ1) is 12.9. The molecule has 3 nitrogen and oxygen atoms in total. The van der Waals surface area contributed by atoms with Gasteiger partial charge in [-0.25, -0.2) is 0 Å². The van der Waals surface area contributed by atoms with Gasteiger partial charge in [0.1, 0.15) is 5.75 Å². The monoisotopic (exact) mass is 401 g/mol. The molecule has 3 aromatic rings. The number of halogens is 2. The van der Waals surface area contributed by atoms with Gasteiger partial charge in [-0.3, -0.25) is 4.79 Å². The zero-order chi connectivity index (χ0) is 19.6. The molecule has 0 aromatic heterocycles. The minimum absolute atomic E-state index is 0.103. The fourth-order valence-corrected chi connectivity index (χ4v) is 3.74. The molecule has 0 aliphatic rings. The highest BCUT2D eigenvalue weighted by Gasteiger charge is 2.24. The van der Waals surface area contributed by atoms with Gasteiger partial charge in [-0.1, -0.05) is 73.4 Å². The third kappa shape index (κ3) is 4.37. The van der Waals surface area contributed by atoms with Gasteiger partial charge in [0.15, 0.2) is 0 Å². The number of aromatic hydroxyl groups is 1. The number of benzene rings is 3. The number of carbonyl (C=O) groups excluding carboxylic acids is 1. The van der Waals surface area contributed by atoms with E-state index in [2.05, 4.69) is 5.32 Å². The molecular formula is C22H21Cl2NO2. The number of phenols is 1. The smallest absolute Gasteiger partial charge is 0.221 e. The van der Waals surface area contributed by atoms with E-state index in [1.54, 1.807) is 24.3 Å². The highest BCUT2D eigenvalue weighted by molar-refractivity contribution is 6.35. The van der Waals surface area contributed by atoms with Crippen LogP contribution in [-0.4, -0.2) is 11.0 Å². The van der Waals surface area contributed by atoms with E-state index in [9.17, 15) is 9.90 Å². The lowest BCUT2D eigenvalue weighted by Crippen LogP contribution is -2.30. The first-order valence-electron chi connectivity index (χ1n) is 8.81. The molecule has 0 saturated carbocycles. The molecule has 3 rings (SSSR count). The third-order valence-electron chi connectivity index (χ3n) is 4.41. The van der Waals surface area contributed by atoms with Gasteiger partial charge in [-0.2, -0.15) is 0 Å². The van der Waals surface area contributed by atoms with Crippen LogP contribution in [-0.2, 0) is 4.79 Å². The quantitative estimate of drug-likeness (QED) is 0.542. The second-order valence-electron chi connectivity index (χ2n) is 6.98. The summed E-state index contributed by atoms with van der Waals surface area (Å²) in [7, 11) is 0. The van der Waals surface area contributed by atoms with Crippen LogP contribution >= 0.6 is 23.2 Å². The molecule has 27 heavy (non-hydrogen) atoms. The van der Waals surface area contributed by atoms with E-state index in [-0.39, 0.29) is 17.6 Å². The van der Waals surface area contributed by atoms with Crippen molar-refractivity contribution >= 4 is 39.9 Å². The van der Waals surface area contributed by atoms with Gasteiger partial charge < -0.3 is 10.4 Å². The Labute approximate surface area is 168 Å². The zero-order valence-electron chi connectivity index (χ0n) is 15.2. The number of phenolic OH excluding ortho intramolecular Hbond substituents is 1. The number of fused-ring (bicyclic) bond motifs is 1. The van der Waals surface area contributed by atoms with Crippen LogP contribution < -0.4 is 5.32 Å². The average Bonchev–Trinajstić information content (AvgIpc) is 2.60. The highest BCUT2D eigenvalue weighted by Crippen LogP contribution is 2.38. The highest BCUT2D eigenvalue weighted by atomic mass is 35.5. The van der Waals surface area contributed by atoms with Crippen LogP contribution in [0.3, 0.4) is 0 Å². The average molecular weight is 402 g/mol. The first-order valence-corrected chi connectivity index (χ1v) is 9.57. The molecule has 1 atom stereocenters. The predicted molar refractivity (Wildman–Crippen MR) is 112 cm³/mol. The molecule has 0 heterocycles. The lowest BCUT2D eigenvalue weighted by molar-refractivity contribution is -0.122. The molecule has 0 aliphatic carbocycles. The Morgan fingerprint density at radius 3 is 2.52 bits per heavy atom. The van der Waals surface area contributed by atoms with E-state index in [1.807, 2.05) is 44.2 Å². The lowest BCUT2D eigenvalue weighted by Gasteiger charge is -2.24. The van der Waals surface area contributed by atoms with Crippen molar-refractivity contribution in [2.75, 3.05) is 0 Å². The van der Waals surface area contributed by atoms with Gasteiger partial charge in [-0.15, -0.1) is 0 Å². The minimum atomic E-state index is -0.591. The summed E-state index contributed by atoms with van der Waals surface area (Å²) in [5.41, 5.74) is 1.30. The molecule has 140 valence electrons. The first kappa shape index (κ1) is 19.5. The van der Waals surface area contributed by atoms with E-state index in [0.717, 1.165) is 10.8 Å². The summed E-state index contributed by atoms with van der Waals surface area (Å²) in [5.74, 6) is 0.218. The Balaban J connectivity index is 2.18. The van der Waals surface area contributed by atoms with Crippen LogP contribution in [0.15, 0.2) is 54.6 Å². The molecular weight excluding hydrogens is 381 g/mol. The molecule has 1 amide bonds. The molecule has 0 spiro atoms. The number of nitrogens with one attached hydrogen (secondary N) is 1. The van der Waals surface area contributed by atoms with Crippen molar-refractivity contribution in [3.63, 3.8) is 0 Å². The molecule has 0 radical (unpaired) electrons. The molecule has 0 unspecified atom stereocenters. The fourth-order valence-electron chi connectivity index (χ4n) is 3.22. The van der Waals surface area contributed by atoms with Crippen molar-refractivity contribution in [3.05, 3.63) is 75.8 Å². The number of amides is 1. The maximum atomic E-state index is 12.6. The van der Waals surface area contributed by atoms with Gasteiger partial charge in [-0.05, 0) is 40.5 Å². The van der Waals surface area contributed by atoms with Crippen LogP contribution in [0.5, 0.6) is 5.75 Å². The van der Waals surface area contributed by atoms with Gasteiger partial charge in [0.25, 0.3) is 0 Å². The molecule has 3 aromatic carbocycles. The van der Waals surface area contributed by atoms with Gasteiger partial charge >= 0.3 is 0 Å². The molecule has 0 bridgehead atoms. The second kappa shape index (κ2) is 8.20. The van der Waals surface area contributed by atoms with Crippen LogP contribution in [0, 0.1) is 5.92 Å². The summed E-state index contributed by atoms with van der Waals surface area (Å²) >= 11 is 12.5. The largest absolute Gasteiger partial charge is 0.508 e.